The van der Waals surface area contributed by atoms with Crippen molar-refractivity contribution in [1.29, 1.82) is 0 Å². The Morgan fingerprint density at radius 1 is 1.19 bits per heavy atom. The van der Waals surface area contributed by atoms with Crippen LogP contribution in [-0.4, -0.2) is 23.7 Å². The first kappa shape index (κ1) is 21.4. The monoisotopic (exact) mass is 453 g/mol. The third kappa shape index (κ3) is 6.36. The van der Waals surface area contributed by atoms with Crippen LogP contribution in [0.2, 0.25) is 0 Å². The summed E-state index contributed by atoms with van der Waals surface area (Å²) in [6.07, 6.45) is 0. The maximum Gasteiger partial charge on any atom is 0.319 e. The molecule has 0 aliphatic heterocycles. The average molecular weight is 454 g/mol. The van der Waals surface area contributed by atoms with Crippen molar-refractivity contribution in [2.45, 2.75) is 30.9 Å². The molecular weight excluding hydrogens is 433 g/mol. The predicted molar refractivity (Wildman–Crippen MR) is 110 cm³/mol. The van der Waals surface area contributed by atoms with Crippen LogP contribution < -0.4 is 5.32 Å². The lowest BCUT2D eigenvalue weighted by molar-refractivity contribution is -0.143. The zero-order valence-corrected chi connectivity index (χ0v) is 17.7. The van der Waals surface area contributed by atoms with Crippen molar-refractivity contribution in [3.63, 3.8) is 0 Å². The smallest absolute Gasteiger partial charge is 0.319 e. The topological polar surface area (TPSA) is 55.4 Å². The van der Waals surface area contributed by atoms with Gasteiger partial charge in [-0.15, -0.1) is 11.8 Å². The van der Waals surface area contributed by atoms with E-state index in [0.29, 0.717) is 21.5 Å². The Balaban J connectivity index is 2.13. The quantitative estimate of drug-likeness (QED) is 0.442. The van der Waals surface area contributed by atoms with E-state index in [0.717, 1.165) is 0 Å². The Labute approximate surface area is 171 Å². The second-order valence-corrected chi connectivity index (χ2v) is 8.60. The van der Waals surface area contributed by atoms with Gasteiger partial charge in [0.15, 0.2) is 0 Å². The van der Waals surface area contributed by atoms with Gasteiger partial charge >= 0.3 is 5.97 Å². The number of hydrogen-bond acceptors (Lipinski definition) is 4. The molecule has 0 saturated heterocycles. The van der Waals surface area contributed by atoms with Gasteiger partial charge in [-0.3, -0.25) is 9.59 Å². The van der Waals surface area contributed by atoms with Gasteiger partial charge in [-0.2, -0.15) is 0 Å². The second kappa shape index (κ2) is 9.90. The zero-order chi connectivity index (χ0) is 20.0. The lowest BCUT2D eigenvalue weighted by Crippen LogP contribution is -2.19. The first-order valence-corrected chi connectivity index (χ1v) is 10.1. The van der Waals surface area contributed by atoms with Crippen molar-refractivity contribution in [1.82, 2.24) is 0 Å². The fourth-order valence-electron chi connectivity index (χ4n) is 2.10. The molecule has 27 heavy (non-hydrogen) atoms. The Hall–Kier alpha value is -1.86. The van der Waals surface area contributed by atoms with Gasteiger partial charge in [0.25, 0.3) is 5.91 Å². The van der Waals surface area contributed by atoms with Crippen LogP contribution in [0.1, 0.15) is 31.1 Å². The summed E-state index contributed by atoms with van der Waals surface area (Å²) in [5, 5.41) is 2.10. The normalized spacial score (nSPS) is 11.9. The number of halogens is 2. The van der Waals surface area contributed by atoms with Gasteiger partial charge in [-0.1, -0.05) is 32.0 Å². The van der Waals surface area contributed by atoms with Crippen LogP contribution in [0.4, 0.5) is 10.1 Å². The molecule has 0 aliphatic carbocycles. The molecule has 144 valence electrons. The molecule has 1 atom stereocenters. The summed E-state index contributed by atoms with van der Waals surface area (Å²) in [4.78, 5) is 25.0. The van der Waals surface area contributed by atoms with Gasteiger partial charge in [0.1, 0.15) is 11.1 Å². The molecule has 4 nitrogen and oxygen atoms in total. The number of rotatable bonds is 7. The molecule has 1 N–H and O–H groups in total. The fraction of sp³-hybridized carbons (Fsp3) is 0.300. The minimum Gasteiger partial charge on any atom is -0.465 e. The van der Waals surface area contributed by atoms with Gasteiger partial charge in [0.05, 0.1) is 12.3 Å². The number of thioether (sulfide) groups is 1. The number of anilines is 1. The first-order chi connectivity index (χ1) is 12.8. The molecule has 0 radical (unpaired) electrons. The number of benzene rings is 2. The van der Waals surface area contributed by atoms with Gasteiger partial charge in [-0.05, 0) is 53.0 Å². The van der Waals surface area contributed by atoms with Crippen molar-refractivity contribution in [3.8, 4) is 0 Å². The van der Waals surface area contributed by atoms with Gasteiger partial charge < -0.3 is 10.1 Å². The molecule has 0 fully saturated rings. The van der Waals surface area contributed by atoms with Crippen molar-refractivity contribution >= 4 is 45.3 Å². The third-order valence-corrected chi connectivity index (χ3v) is 5.56. The molecule has 0 bridgehead atoms. The summed E-state index contributed by atoms with van der Waals surface area (Å²) in [5.74, 6) is -1.05. The van der Waals surface area contributed by atoms with Crippen molar-refractivity contribution in [2.75, 3.05) is 11.9 Å². The highest BCUT2D eigenvalue weighted by atomic mass is 79.9. The molecule has 1 amide bonds. The van der Waals surface area contributed by atoms with E-state index in [9.17, 15) is 14.0 Å². The minimum absolute atomic E-state index is 0.0531. The van der Waals surface area contributed by atoms with Crippen LogP contribution in [0, 0.1) is 11.7 Å². The molecule has 2 aromatic carbocycles. The number of nitrogens with one attached hydrogen (secondary N) is 1. The summed E-state index contributed by atoms with van der Waals surface area (Å²) >= 11 is 4.54. The van der Waals surface area contributed by atoms with E-state index < -0.39 is 17.0 Å². The minimum atomic E-state index is -0.564. The molecule has 0 aromatic heterocycles. The fourth-order valence-corrected chi connectivity index (χ4v) is 3.60. The highest BCUT2D eigenvalue weighted by Crippen LogP contribution is 2.35. The van der Waals surface area contributed by atoms with Crippen LogP contribution in [0.25, 0.3) is 0 Å². The Morgan fingerprint density at radius 2 is 1.85 bits per heavy atom. The van der Waals surface area contributed by atoms with Crippen LogP contribution >= 0.6 is 27.7 Å². The lowest BCUT2D eigenvalue weighted by Gasteiger charge is -2.15. The summed E-state index contributed by atoms with van der Waals surface area (Å²) in [7, 11) is 0. The number of hydrogen-bond donors (Lipinski definition) is 1. The summed E-state index contributed by atoms with van der Waals surface area (Å²) in [6.45, 7) is 6.00. The molecule has 7 heteroatoms. The summed E-state index contributed by atoms with van der Waals surface area (Å²) in [6, 6.07) is 11.3. The maximum absolute atomic E-state index is 14.3. The largest absolute Gasteiger partial charge is 0.465 e. The number of amides is 1. The summed E-state index contributed by atoms with van der Waals surface area (Å²) < 4.78 is 20.0. The number of ether oxygens (including phenoxy) is 1. The average Bonchev–Trinajstić information content (AvgIpc) is 2.64. The highest BCUT2D eigenvalue weighted by molar-refractivity contribution is 9.10. The van der Waals surface area contributed by atoms with Crippen molar-refractivity contribution in [2.24, 2.45) is 5.92 Å². The lowest BCUT2D eigenvalue weighted by atomic mass is 10.2. The van der Waals surface area contributed by atoms with E-state index in [2.05, 4.69) is 21.2 Å². The van der Waals surface area contributed by atoms with Crippen LogP contribution in [-0.2, 0) is 9.53 Å². The van der Waals surface area contributed by atoms with Crippen molar-refractivity contribution in [3.05, 3.63) is 58.3 Å². The molecular formula is C20H21BrFNO3S. The maximum atomic E-state index is 14.3. The van der Waals surface area contributed by atoms with Gasteiger partial charge in [0.2, 0.25) is 0 Å². The number of carbonyl (C=O) groups excluding carboxylic acids is 2. The van der Waals surface area contributed by atoms with Gasteiger partial charge in [0, 0.05) is 14.9 Å². The molecule has 2 aromatic rings. The molecule has 0 spiro atoms. The Bertz CT molecular complexity index is 814. The van der Waals surface area contributed by atoms with Crippen LogP contribution in [0.15, 0.2) is 51.8 Å². The second-order valence-electron chi connectivity index (χ2n) is 6.37. The van der Waals surface area contributed by atoms with Crippen LogP contribution in [0.3, 0.4) is 0 Å². The highest BCUT2D eigenvalue weighted by Gasteiger charge is 2.20. The van der Waals surface area contributed by atoms with Crippen LogP contribution in [0.5, 0.6) is 0 Å². The van der Waals surface area contributed by atoms with E-state index in [1.54, 1.807) is 37.3 Å². The Kier molecular flexibility index (Phi) is 7.86. The summed E-state index contributed by atoms with van der Waals surface area (Å²) in [5.41, 5.74) is 0.483. The third-order valence-electron chi connectivity index (χ3n) is 3.50. The van der Waals surface area contributed by atoms with Crippen molar-refractivity contribution < 1.29 is 18.7 Å². The number of esters is 1. The molecule has 0 saturated carbocycles. The zero-order valence-electron chi connectivity index (χ0n) is 15.3. The molecule has 0 aliphatic rings. The van der Waals surface area contributed by atoms with E-state index in [1.807, 2.05) is 13.8 Å². The standard InChI is InChI=1S/C20H21BrFNO3S/c1-12(2)11-26-20(25)13(3)27-18-10-17(16(22)9-15(18)21)23-19(24)14-7-5-4-6-8-14/h4-10,12-13H,11H2,1-3H3,(H,23,24). The first-order valence-electron chi connectivity index (χ1n) is 8.46. The number of carbonyl (C=O) groups is 2. The Morgan fingerprint density at radius 3 is 2.48 bits per heavy atom. The van der Waals surface area contributed by atoms with E-state index in [-0.39, 0.29) is 17.6 Å². The van der Waals surface area contributed by atoms with E-state index in [1.165, 1.54) is 23.9 Å². The predicted octanol–water partition coefficient (Wildman–Crippen LogP) is 5.52. The van der Waals surface area contributed by atoms with Gasteiger partial charge in [-0.25, -0.2) is 4.39 Å². The molecule has 2 rings (SSSR count). The molecule has 0 heterocycles. The van der Waals surface area contributed by atoms with E-state index in [4.69, 9.17) is 4.74 Å². The SMILES string of the molecule is CC(C)COC(=O)C(C)Sc1cc(NC(=O)c2ccccc2)c(F)cc1Br. The van der Waals surface area contributed by atoms with E-state index >= 15 is 0 Å². The molecule has 1 unspecified atom stereocenters.